The molecule has 0 bridgehead atoms. The van der Waals surface area contributed by atoms with E-state index in [4.69, 9.17) is 0 Å². The summed E-state index contributed by atoms with van der Waals surface area (Å²) in [7, 11) is -2.73. The molecule has 0 aromatic heterocycles. The molecule has 0 fully saturated rings. The van der Waals surface area contributed by atoms with Crippen LogP contribution in [0.25, 0.3) is 0 Å². The summed E-state index contributed by atoms with van der Waals surface area (Å²) in [6.45, 7) is 2.13. The molecule has 0 spiro atoms. The normalized spacial score (nSPS) is 17.3. The van der Waals surface area contributed by atoms with Gasteiger partial charge in [0.25, 0.3) is 0 Å². The fraction of sp³-hybridized carbons (Fsp3) is 0.200. The molecule has 0 atom stereocenters. The van der Waals surface area contributed by atoms with E-state index in [2.05, 4.69) is 13.0 Å². The molecule has 0 saturated heterocycles. The molecule has 2 heteroatoms. The van der Waals surface area contributed by atoms with Crippen LogP contribution in [0.3, 0.4) is 0 Å². The second kappa shape index (κ2) is 6.50. The van der Waals surface area contributed by atoms with Gasteiger partial charge >= 0.3 is 0 Å². The second-order valence-electron chi connectivity index (χ2n) is 5.76. The van der Waals surface area contributed by atoms with Gasteiger partial charge in [0.15, 0.2) is 7.14 Å². The monoisotopic (exact) mass is 308 g/mol. The second-order valence-corrected chi connectivity index (χ2v) is 8.37. The fourth-order valence-corrected chi connectivity index (χ4v) is 5.52. The highest BCUT2D eigenvalue weighted by Gasteiger charge is 2.25. The SMILES string of the molecule is CC1=CCCC/C1=C/P(=O)(c1ccccc1)c1ccccc1. The zero-order chi connectivity index (χ0) is 15.4. The van der Waals surface area contributed by atoms with E-state index >= 15 is 0 Å². The Morgan fingerprint density at radius 3 is 1.95 bits per heavy atom. The van der Waals surface area contributed by atoms with Gasteiger partial charge < -0.3 is 4.57 Å². The first-order valence-electron chi connectivity index (χ1n) is 7.80. The molecule has 0 aliphatic heterocycles. The third-order valence-electron chi connectivity index (χ3n) is 4.22. The third-order valence-corrected chi connectivity index (χ3v) is 7.03. The van der Waals surface area contributed by atoms with Crippen LogP contribution in [0.15, 0.2) is 83.7 Å². The Labute approximate surface area is 132 Å². The number of hydrogen-bond acceptors (Lipinski definition) is 1. The average molecular weight is 308 g/mol. The van der Waals surface area contributed by atoms with Gasteiger partial charge in [0, 0.05) is 10.6 Å². The minimum atomic E-state index is -2.73. The highest BCUT2D eigenvalue weighted by atomic mass is 31.2. The summed E-state index contributed by atoms with van der Waals surface area (Å²) < 4.78 is 13.9. The van der Waals surface area contributed by atoms with Crippen molar-refractivity contribution in [2.45, 2.75) is 26.2 Å². The van der Waals surface area contributed by atoms with Crippen molar-refractivity contribution < 1.29 is 4.57 Å². The highest BCUT2D eigenvalue weighted by Crippen LogP contribution is 2.47. The minimum Gasteiger partial charge on any atom is -0.309 e. The van der Waals surface area contributed by atoms with Crippen molar-refractivity contribution in [3.05, 3.63) is 83.7 Å². The highest BCUT2D eigenvalue weighted by molar-refractivity contribution is 7.81. The first kappa shape index (κ1) is 15.1. The van der Waals surface area contributed by atoms with E-state index in [-0.39, 0.29) is 0 Å². The van der Waals surface area contributed by atoms with Gasteiger partial charge in [-0.3, -0.25) is 0 Å². The van der Waals surface area contributed by atoms with Gasteiger partial charge in [-0.05, 0) is 37.6 Å². The van der Waals surface area contributed by atoms with E-state index in [9.17, 15) is 4.57 Å². The van der Waals surface area contributed by atoms with Gasteiger partial charge in [-0.25, -0.2) is 0 Å². The van der Waals surface area contributed by atoms with Crippen LogP contribution in [-0.4, -0.2) is 0 Å². The Hall–Kier alpha value is -1.85. The molecule has 0 heterocycles. The summed E-state index contributed by atoms with van der Waals surface area (Å²) in [5.41, 5.74) is 2.51. The Morgan fingerprint density at radius 2 is 1.45 bits per heavy atom. The maximum atomic E-state index is 13.9. The molecule has 112 valence electrons. The van der Waals surface area contributed by atoms with Gasteiger partial charge in [-0.1, -0.05) is 72.3 Å². The maximum absolute atomic E-state index is 13.9. The van der Waals surface area contributed by atoms with Crippen molar-refractivity contribution in [3.63, 3.8) is 0 Å². The van der Waals surface area contributed by atoms with Crippen LogP contribution in [0.1, 0.15) is 26.2 Å². The van der Waals surface area contributed by atoms with Crippen LogP contribution >= 0.6 is 7.14 Å². The van der Waals surface area contributed by atoms with E-state index in [1.54, 1.807) is 0 Å². The van der Waals surface area contributed by atoms with Gasteiger partial charge in [0.05, 0.1) is 0 Å². The molecular formula is C20H21OP. The molecule has 2 aromatic carbocycles. The summed E-state index contributed by atoms with van der Waals surface area (Å²) in [6.07, 6.45) is 5.55. The molecule has 0 unspecified atom stereocenters. The smallest absolute Gasteiger partial charge is 0.164 e. The Bertz CT molecular complexity index is 698. The van der Waals surface area contributed by atoms with Crippen molar-refractivity contribution in [2.75, 3.05) is 0 Å². The molecule has 0 N–H and O–H groups in total. The zero-order valence-corrected chi connectivity index (χ0v) is 13.8. The first-order chi connectivity index (χ1) is 10.7. The van der Waals surface area contributed by atoms with Gasteiger partial charge in [-0.15, -0.1) is 0 Å². The quantitative estimate of drug-likeness (QED) is 0.728. The molecule has 0 amide bonds. The van der Waals surface area contributed by atoms with Crippen LogP contribution < -0.4 is 10.6 Å². The molecule has 1 aliphatic rings. The van der Waals surface area contributed by atoms with Crippen LogP contribution in [0.2, 0.25) is 0 Å². The van der Waals surface area contributed by atoms with Crippen molar-refractivity contribution in [3.8, 4) is 0 Å². The molecular weight excluding hydrogens is 287 g/mol. The lowest BCUT2D eigenvalue weighted by molar-refractivity contribution is 0.592. The summed E-state index contributed by atoms with van der Waals surface area (Å²) in [4.78, 5) is 0. The van der Waals surface area contributed by atoms with Crippen LogP contribution in [0, 0.1) is 0 Å². The molecule has 22 heavy (non-hydrogen) atoms. The van der Waals surface area contributed by atoms with E-state index in [0.29, 0.717) is 0 Å². The van der Waals surface area contributed by atoms with Crippen molar-refractivity contribution in [1.29, 1.82) is 0 Å². The van der Waals surface area contributed by atoms with E-state index in [0.717, 1.165) is 29.9 Å². The van der Waals surface area contributed by atoms with E-state index in [1.165, 1.54) is 11.1 Å². The largest absolute Gasteiger partial charge is 0.309 e. The van der Waals surface area contributed by atoms with Crippen molar-refractivity contribution in [2.24, 2.45) is 0 Å². The van der Waals surface area contributed by atoms with Crippen LogP contribution in [0.4, 0.5) is 0 Å². The minimum absolute atomic E-state index is 0.909. The number of rotatable bonds is 3. The molecule has 3 rings (SSSR count). The lowest BCUT2D eigenvalue weighted by Crippen LogP contribution is -2.14. The lowest BCUT2D eigenvalue weighted by Gasteiger charge is -2.20. The Morgan fingerprint density at radius 1 is 0.909 bits per heavy atom. The molecule has 1 aliphatic carbocycles. The van der Waals surface area contributed by atoms with E-state index in [1.807, 2.05) is 66.5 Å². The summed E-state index contributed by atoms with van der Waals surface area (Å²) in [6, 6.07) is 19.7. The topological polar surface area (TPSA) is 17.1 Å². The average Bonchev–Trinajstić information content (AvgIpc) is 2.58. The van der Waals surface area contributed by atoms with E-state index < -0.39 is 7.14 Å². The number of hydrogen-bond donors (Lipinski definition) is 0. The van der Waals surface area contributed by atoms with Crippen molar-refractivity contribution >= 4 is 17.8 Å². The first-order valence-corrected chi connectivity index (χ1v) is 9.57. The zero-order valence-electron chi connectivity index (χ0n) is 12.9. The molecule has 0 saturated carbocycles. The lowest BCUT2D eigenvalue weighted by atomic mass is 9.96. The predicted molar refractivity (Wildman–Crippen MR) is 95.4 cm³/mol. The van der Waals surface area contributed by atoms with Crippen LogP contribution in [0.5, 0.6) is 0 Å². The summed E-state index contributed by atoms with van der Waals surface area (Å²) in [5.74, 6) is 2.04. The van der Waals surface area contributed by atoms with Gasteiger partial charge in [-0.2, -0.15) is 0 Å². The molecule has 0 radical (unpaired) electrons. The van der Waals surface area contributed by atoms with Crippen LogP contribution in [-0.2, 0) is 4.57 Å². The summed E-state index contributed by atoms with van der Waals surface area (Å²) >= 11 is 0. The van der Waals surface area contributed by atoms with Gasteiger partial charge in [0.2, 0.25) is 0 Å². The standard InChI is InChI=1S/C20H21OP/c1-17-10-8-9-11-18(17)16-22(21,19-12-4-2-5-13-19)20-14-6-3-7-15-20/h2-7,10,12-16H,8-9,11H2,1H3/b18-16-. The fourth-order valence-electron chi connectivity index (χ4n) is 2.92. The van der Waals surface area contributed by atoms with Gasteiger partial charge in [0.1, 0.15) is 0 Å². The molecule has 1 nitrogen and oxygen atoms in total. The number of allylic oxidation sites excluding steroid dienone is 3. The molecule has 2 aromatic rings. The Balaban J connectivity index is 2.17. The summed E-state index contributed by atoms with van der Waals surface area (Å²) in [5, 5.41) is 1.82. The third kappa shape index (κ3) is 3.00. The Kier molecular flexibility index (Phi) is 4.45. The number of benzene rings is 2. The predicted octanol–water partition coefficient (Wildman–Crippen LogP) is 5.01. The maximum Gasteiger partial charge on any atom is 0.164 e. The van der Waals surface area contributed by atoms with Crippen molar-refractivity contribution in [1.82, 2.24) is 0 Å².